The molecule has 0 unspecified atom stereocenters. The van der Waals surface area contributed by atoms with Gasteiger partial charge in [-0.05, 0) is 5.92 Å². The molecule has 0 fully saturated rings. The molecule has 1 aromatic rings. The zero-order valence-corrected chi connectivity index (χ0v) is 10.4. The van der Waals surface area contributed by atoms with E-state index in [2.05, 4.69) is 24.1 Å². The number of hydrogen-bond donors (Lipinski definition) is 0. The lowest BCUT2D eigenvalue weighted by atomic mass is 10.3. The summed E-state index contributed by atoms with van der Waals surface area (Å²) in [5.74, 6) is 0.457. The van der Waals surface area contributed by atoms with Crippen LogP contribution in [0, 0.1) is 5.92 Å². The zero-order chi connectivity index (χ0) is 11.0. The third kappa shape index (κ3) is 4.97. The molecule has 1 aromatic heterocycles. The zero-order valence-electron chi connectivity index (χ0n) is 9.56. The van der Waals surface area contributed by atoms with Crippen molar-refractivity contribution in [2.45, 2.75) is 27.7 Å². The lowest BCUT2D eigenvalue weighted by Crippen LogP contribution is -2.07. The Kier molecular flexibility index (Phi) is 7.02. The van der Waals surface area contributed by atoms with Gasteiger partial charge >= 0.3 is 0 Å². The largest absolute Gasteiger partial charge is 0.325 e. The summed E-state index contributed by atoms with van der Waals surface area (Å²) < 4.78 is 1.95. The molecule has 80 valence electrons. The topological polar surface area (TPSA) is 29.6 Å². The molecule has 1 heterocycles. The molecule has 0 saturated heterocycles. The van der Waals surface area contributed by atoms with Crippen molar-refractivity contribution in [3.63, 3.8) is 0 Å². The highest BCUT2D eigenvalue weighted by Crippen LogP contribution is 1.88. The second kappa shape index (κ2) is 7.50. The van der Waals surface area contributed by atoms with E-state index in [9.17, 15) is 0 Å². The number of aromatic nitrogens is 1. The smallest absolute Gasteiger partial charge is 0.210 e. The Balaban J connectivity index is 0.000000791. The average Bonchev–Trinajstić information content (AvgIpc) is 2.55. The van der Waals surface area contributed by atoms with Crippen LogP contribution in [0.1, 0.15) is 27.7 Å². The molecule has 3 nitrogen and oxygen atoms in total. The van der Waals surface area contributed by atoms with Crippen LogP contribution in [-0.4, -0.2) is 10.8 Å². The quantitative estimate of drug-likeness (QED) is 0.534. The maximum atomic E-state index is 4.06. The van der Waals surface area contributed by atoms with E-state index in [0.717, 1.165) is 4.80 Å². The molecule has 0 spiro atoms. The highest BCUT2D eigenvalue weighted by atomic mass is 32.1. The van der Waals surface area contributed by atoms with Crippen molar-refractivity contribution in [2.75, 3.05) is 0 Å². The van der Waals surface area contributed by atoms with Gasteiger partial charge in [-0.3, -0.25) is 0 Å². The third-order valence-corrected chi connectivity index (χ3v) is 2.11. The first kappa shape index (κ1) is 13.1. The van der Waals surface area contributed by atoms with Crippen LogP contribution in [-0.2, 0) is 7.05 Å². The molecule has 1 rings (SSSR count). The molecule has 0 aliphatic heterocycles. The predicted molar refractivity (Wildman–Crippen MR) is 63.5 cm³/mol. The van der Waals surface area contributed by atoms with Crippen molar-refractivity contribution in [1.29, 1.82) is 0 Å². The molecule has 0 aliphatic rings. The summed E-state index contributed by atoms with van der Waals surface area (Å²) >= 11 is 1.58. The van der Waals surface area contributed by atoms with Gasteiger partial charge < -0.3 is 4.57 Å². The number of nitrogens with zero attached hydrogens (tertiary/aromatic N) is 3. The van der Waals surface area contributed by atoms with Gasteiger partial charge in [0.2, 0.25) is 4.80 Å². The van der Waals surface area contributed by atoms with Gasteiger partial charge in [0.15, 0.2) is 0 Å². The predicted octanol–water partition coefficient (Wildman–Crippen LogP) is 2.66. The maximum absolute atomic E-state index is 4.06. The van der Waals surface area contributed by atoms with Crippen LogP contribution in [0.25, 0.3) is 0 Å². The van der Waals surface area contributed by atoms with Gasteiger partial charge in [0, 0.05) is 24.8 Å². The molecular formula is C10H19N3S. The monoisotopic (exact) mass is 213 g/mol. The third-order valence-electron chi connectivity index (χ3n) is 1.27. The lowest BCUT2D eigenvalue weighted by molar-refractivity contribution is 0.846. The van der Waals surface area contributed by atoms with E-state index in [1.165, 1.54) is 0 Å². The highest BCUT2D eigenvalue weighted by molar-refractivity contribution is 7.07. The second-order valence-electron chi connectivity index (χ2n) is 2.91. The van der Waals surface area contributed by atoms with Gasteiger partial charge in [-0.1, -0.05) is 27.7 Å². The summed E-state index contributed by atoms with van der Waals surface area (Å²) in [4.78, 5) is 0.923. The number of rotatable bonds is 2. The molecule has 0 saturated carbocycles. The van der Waals surface area contributed by atoms with Gasteiger partial charge in [0.25, 0.3) is 0 Å². The Morgan fingerprint density at radius 1 is 1.43 bits per heavy atom. The van der Waals surface area contributed by atoms with E-state index in [1.54, 1.807) is 11.3 Å². The van der Waals surface area contributed by atoms with Crippen molar-refractivity contribution in [3.05, 3.63) is 16.4 Å². The van der Waals surface area contributed by atoms with E-state index in [1.807, 2.05) is 43.3 Å². The summed E-state index contributed by atoms with van der Waals surface area (Å²) in [5.41, 5.74) is 0. The van der Waals surface area contributed by atoms with Crippen molar-refractivity contribution in [1.82, 2.24) is 4.57 Å². The first-order valence-electron chi connectivity index (χ1n) is 4.87. The van der Waals surface area contributed by atoms with E-state index >= 15 is 0 Å². The Bertz CT molecular complexity index is 320. The fourth-order valence-electron chi connectivity index (χ4n) is 0.640. The van der Waals surface area contributed by atoms with Gasteiger partial charge in [-0.25, -0.2) is 0 Å². The van der Waals surface area contributed by atoms with Crippen LogP contribution in [0.5, 0.6) is 0 Å². The van der Waals surface area contributed by atoms with Crippen LogP contribution in [0.4, 0.5) is 0 Å². The van der Waals surface area contributed by atoms with Crippen LogP contribution in [0.15, 0.2) is 21.8 Å². The molecule has 0 aromatic carbocycles. The van der Waals surface area contributed by atoms with Crippen molar-refractivity contribution < 1.29 is 0 Å². The minimum absolute atomic E-state index is 0.457. The summed E-state index contributed by atoms with van der Waals surface area (Å²) in [6.45, 7) is 8.15. The minimum Gasteiger partial charge on any atom is -0.325 e. The van der Waals surface area contributed by atoms with E-state index < -0.39 is 0 Å². The second-order valence-corrected chi connectivity index (χ2v) is 3.78. The molecule has 0 radical (unpaired) electrons. The molecular weight excluding hydrogens is 194 g/mol. The number of hydrogen-bond acceptors (Lipinski definition) is 3. The Hall–Kier alpha value is -0.900. The Morgan fingerprint density at radius 3 is 2.50 bits per heavy atom. The fourth-order valence-corrected chi connectivity index (χ4v) is 1.33. The molecule has 0 aliphatic carbocycles. The Labute approximate surface area is 89.8 Å². The Morgan fingerprint density at radius 2 is 2.07 bits per heavy atom. The van der Waals surface area contributed by atoms with Crippen molar-refractivity contribution in [2.24, 2.45) is 23.2 Å². The van der Waals surface area contributed by atoms with Crippen LogP contribution < -0.4 is 4.80 Å². The average molecular weight is 213 g/mol. The van der Waals surface area contributed by atoms with Gasteiger partial charge in [-0.2, -0.15) is 5.10 Å². The lowest BCUT2D eigenvalue weighted by Gasteiger charge is -1.88. The highest BCUT2D eigenvalue weighted by Gasteiger charge is 1.86. The minimum atomic E-state index is 0.457. The maximum Gasteiger partial charge on any atom is 0.210 e. The SMILES string of the molecule is CC.CC(C)/C=N/N=c1\sccn1C. The number of aryl methyl sites for hydroxylation is 1. The van der Waals surface area contributed by atoms with E-state index in [-0.39, 0.29) is 0 Å². The van der Waals surface area contributed by atoms with Gasteiger partial charge in [0.1, 0.15) is 0 Å². The number of thiazole rings is 1. The van der Waals surface area contributed by atoms with E-state index in [4.69, 9.17) is 0 Å². The molecule has 4 heteroatoms. The van der Waals surface area contributed by atoms with Crippen LogP contribution in [0.2, 0.25) is 0 Å². The van der Waals surface area contributed by atoms with Gasteiger partial charge in [-0.15, -0.1) is 16.4 Å². The van der Waals surface area contributed by atoms with Crippen LogP contribution in [0.3, 0.4) is 0 Å². The molecule has 0 amide bonds. The fraction of sp³-hybridized carbons (Fsp3) is 0.600. The summed E-state index contributed by atoms with van der Waals surface area (Å²) in [5, 5.41) is 10.0. The summed E-state index contributed by atoms with van der Waals surface area (Å²) in [6.07, 6.45) is 3.80. The first-order valence-corrected chi connectivity index (χ1v) is 5.75. The van der Waals surface area contributed by atoms with Crippen molar-refractivity contribution in [3.8, 4) is 0 Å². The van der Waals surface area contributed by atoms with Gasteiger partial charge in [0.05, 0.1) is 0 Å². The molecule has 0 N–H and O–H groups in total. The molecule has 14 heavy (non-hydrogen) atoms. The van der Waals surface area contributed by atoms with Crippen LogP contribution >= 0.6 is 11.3 Å². The summed E-state index contributed by atoms with van der Waals surface area (Å²) in [6, 6.07) is 0. The molecule has 0 bridgehead atoms. The standard InChI is InChI=1S/C8H13N3S.C2H6/c1-7(2)6-9-10-8-11(3)4-5-12-8;1-2/h4-7H,1-3H3;1-2H3/b9-6+,10-8-;. The molecule has 0 atom stereocenters. The van der Waals surface area contributed by atoms with Crippen molar-refractivity contribution >= 4 is 17.6 Å². The normalized spacial score (nSPS) is 12.0. The first-order chi connectivity index (χ1) is 6.70. The van der Waals surface area contributed by atoms with E-state index in [0.29, 0.717) is 5.92 Å². The summed E-state index contributed by atoms with van der Waals surface area (Å²) in [7, 11) is 1.96.